The van der Waals surface area contributed by atoms with Gasteiger partial charge in [-0.3, -0.25) is 4.90 Å². The first-order chi connectivity index (χ1) is 9.10. The van der Waals surface area contributed by atoms with E-state index in [2.05, 4.69) is 25.9 Å². The van der Waals surface area contributed by atoms with E-state index in [9.17, 15) is 4.79 Å². The summed E-state index contributed by atoms with van der Waals surface area (Å²) in [5, 5.41) is 0. The maximum absolute atomic E-state index is 11.6. The highest BCUT2D eigenvalue weighted by atomic mass is 79.9. The predicted octanol–water partition coefficient (Wildman–Crippen LogP) is 2.18. The van der Waals surface area contributed by atoms with E-state index >= 15 is 0 Å². The molecule has 2 aromatic heterocycles. The van der Waals surface area contributed by atoms with Gasteiger partial charge in [0.1, 0.15) is 17.1 Å². The number of carbonyl (C=O) groups is 1. The molecule has 0 fully saturated rings. The van der Waals surface area contributed by atoms with Crippen LogP contribution in [0.3, 0.4) is 0 Å². The third kappa shape index (κ3) is 3.45. The molecule has 6 nitrogen and oxygen atoms in total. The molecule has 19 heavy (non-hydrogen) atoms. The van der Waals surface area contributed by atoms with E-state index in [1.807, 2.05) is 11.9 Å². The molecular weight excluding hydrogens is 314 g/mol. The summed E-state index contributed by atoms with van der Waals surface area (Å²) in [5.41, 5.74) is 0.431. The zero-order valence-corrected chi connectivity index (χ0v) is 12.2. The van der Waals surface area contributed by atoms with Crippen molar-refractivity contribution in [1.29, 1.82) is 0 Å². The van der Waals surface area contributed by atoms with Crippen LogP contribution in [0.25, 0.3) is 0 Å². The van der Waals surface area contributed by atoms with E-state index in [1.54, 1.807) is 18.5 Å². The van der Waals surface area contributed by atoms with Crippen molar-refractivity contribution in [2.24, 2.45) is 0 Å². The van der Waals surface area contributed by atoms with Crippen molar-refractivity contribution >= 4 is 21.9 Å². The molecular formula is C12H14BrN3O3. The highest BCUT2D eigenvalue weighted by Crippen LogP contribution is 2.22. The van der Waals surface area contributed by atoms with Gasteiger partial charge in [0.2, 0.25) is 0 Å². The number of methoxy groups -OCH3 is 1. The van der Waals surface area contributed by atoms with Gasteiger partial charge in [-0.1, -0.05) is 0 Å². The topological polar surface area (TPSA) is 71.4 Å². The third-order valence-electron chi connectivity index (χ3n) is 2.57. The maximum Gasteiger partial charge on any atom is 0.341 e. The molecule has 2 aromatic rings. The largest absolute Gasteiger partial charge is 0.465 e. The van der Waals surface area contributed by atoms with Gasteiger partial charge in [0.25, 0.3) is 0 Å². The maximum atomic E-state index is 11.6. The number of ether oxygens (including phenoxy) is 1. The first-order valence-corrected chi connectivity index (χ1v) is 6.42. The van der Waals surface area contributed by atoms with Crippen LogP contribution < -0.4 is 0 Å². The molecule has 0 radical (unpaired) electrons. The molecule has 0 atom stereocenters. The van der Waals surface area contributed by atoms with Crippen LogP contribution >= 0.6 is 15.9 Å². The Morgan fingerprint density at radius 3 is 3.00 bits per heavy atom. The number of furan rings is 1. The second-order valence-corrected chi connectivity index (χ2v) is 4.87. The van der Waals surface area contributed by atoms with Crippen molar-refractivity contribution in [3.63, 3.8) is 0 Å². The summed E-state index contributed by atoms with van der Waals surface area (Å²) in [7, 11) is 3.26. The lowest BCUT2D eigenvalue weighted by Gasteiger charge is -2.14. The van der Waals surface area contributed by atoms with Crippen LogP contribution in [0.5, 0.6) is 0 Å². The minimum Gasteiger partial charge on any atom is -0.465 e. The van der Waals surface area contributed by atoms with Gasteiger partial charge in [0.15, 0.2) is 4.67 Å². The molecule has 0 aromatic carbocycles. The SMILES string of the molecule is COC(=O)c1cc(Br)oc1CN(C)Cc1ncc[nH]1. The molecule has 0 aliphatic heterocycles. The van der Waals surface area contributed by atoms with Crippen molar-refractivity contribution in [3.05, 3.63) is 40.3 Å². The summed E-state index contributed by atoms with van der Waals surface area (Å²) < 4.78 is 10.7. The number of imidazole rings is 1. The van der Waals surface area contributed by atoms with Gasteiger partial charge in [-0.15, -0.1) is 0 Å². The van der Waals surface area contributed by atoms with Crippen LogP contribution in [0, 0.1) is 0 Å². The number of hydrogen-bond acceptors (Lipinski definition) is 5. The number of aromatic amines is 1. The standard InChI is InChI=1S/C12H14BrN3O3/c1-16(7-11-14-3-4-15-11)6-9-8(12(17)18-2)5-10(13)19-9/h3-5H,6-7H2,1-2H3,(H,14,15). The summed E-state index contributed by atoms with van der Waals surface area (Å²) in [4.78, 5) is 20.8. The van der Waals surface area contributed by atoms with Crippen LogP contribution in [0.1, 0.15) is 21.9 Å². The van der Waals surface area contributed by atoms with Crippen LogP contribution in [-0.2, 0) is 17.8 Å². The Bertz CT molecular complexity index is 551. The fourth-order valence-corrected chi connectivity index (χ4v) is 2.16. The first-order valence-electron chi connectivity index (χ1n) is 5.63. The second kappa shape index (κ2) is 6.03. The number of carbonyl (C=O) groups excluding carboxylic acids is 1. The minimum atomic E-state index is -0.407. The van der Waals surface area contributed by atoms with Crippen LogP contribution in [0.15, 0.2) is 27.5 Å². The fraction of sp³-hybridized carbons (Fsp3) is 0.333. The average Bonchev–Trinajstić information content (AvgIpc) is 2.98. The van der Waals surface area contributed by atoms with Crippen LogP contribution in [0.4, 0.5) is 0 Å². The summed E-state index contributed by atoms with van der Waals surface area (Å²) >= 11 is 3.22. The Labute approximate surface area is 118 Å². The summed E-state index contributed by atoms with van der Waals surface area (Å²) in [6, 6.07) is 1.61. The van der Waals surface area contributed by atoms with Gasteiger partial charge in [0, 0.05) is 18.5 Å². The normalized spacial score (nSPS) is 10.9. The van der Waals surface area contributed by atoms with Crippen LogP contribution in [-0.4, -0.2) is 35.0 Å². The summed E-state index contributed by atoms with van der Waals surface area (Å²) in [6.45, 7) is 1.11. The Kier molecular flexibility index (Phi) is 4.39. The van der Waals surface area contributed by atoms with Crippen LogP contribution in [0.2, 0.25) is 0 Å². The minimum absolute atomic E-state index is 0.407. The van der Waals surface area contributed by atoms with Gasteiger partial charge in [-0.05, 0) is 23.0 Å². The van der Waals surface area contributed by atoms with E-state index in [-0.39, 0.29) is 0 Å². The van der Waals surface area contributed by atoms with Gasteiger partial charge < -0.3 is 14.1 Å². The summed E-state index contributed by atoms with van der Waals surface area (Å²) in [5.74, 6) is 1.01. The Morgan fingerprint density at radius 1 is 1.58 bits per heavy atom. The molecule has 0 aliphatic rings. The number of esters is 1. The van der Waals surface area contributed by atoms with Crippen molar-refractivity contribution in [3.8, 4) is 0 Å². The Hall–Kier alpha value is -1.60. The van der Waals surface area contributed by atoms with Crippen molar-refractivity contribution in [2.75, 3.05) is 14.2 Å². The molecule has 0 unspecified atom stereocenters. The third-order valence-corrected chi connectivity index (χ3v) is 2.96. The average molecular weight is 328 g/mol. The van der Waals surface area contributed by atoms with E-state index in [4.69, 9.17) is 9.15 Å². The number of hydrogen-bond donors (Lipinski definition) is 1. The van der Waals surface area contributed by atoms with Crippen molar-refractivity contribution < 1.29 is 13.9 Å². The smallest absolute Gasteiger partial charge is 0.341 e. The molecule has 2 rings (SSSR count). The van der Waals surface area contributed by atoms with Crippen molar-refractivity contribution in [2.45, 2.75) is 13.1 Å². The zero-order valence-electron chi connectivity index (χ0n) is 10.6. The molecule has 0 spiro atoms. The number of halogens is 1. The Balaban J connectivity index is 2.08. The molecule has 7 heteroatoms. The molecule has 0 aliphatic carbocycles. The lowest BCUT2D eigenvalue weighted by atomic mass is 10.2. The van der Waals surface area contributed by atoms with Crippen molar-refractivity contribution in [1.82, 2.24) is 14.9 Å². The quantitative estimate of drug-likeness (QED) is 0.852. The second-order valence-electron chi connectivity index (χ2n) is 4.09. The molecule has 0 saturated heterocycles. The summed E-state index contributed by atoms with van der Waals surface area (Å²) in [6.07, 6.45) is 3.47. The van der Waals surface area contributed by atoms with Gasteiger partial charge in [-0.25, -0.2) is 9.78 Å². The zero-order chi connectivity index (χ0) is 13.8. The number of H-pyrrole nitrogens is 1. The molecule has 0 saturated carbocycles. The Morgan fingerprint density at radius 2 is 2.37 bits per heavy atom. The van der Waals surface area contributed by atoms with Gasteiger partial charge in [0.05, 0.1) is 20.2 Å². The lowest BCUT2D eigenvalue weighted by Crippen LogP contribution is -2.19. The highest BCUT2D eigenvalue weighted by Gasteiger charge is 2.19. The molecule has 1 N–H and O–H groups in total. The number of aromatic nitrogens is 2. The molecule has 102 valence electrons. The van der Waals surface area contributed by atoms with E-state index in [0.29, 0.717) is 29.1 Å². The van der Waals surface area contributed by atoms with E-state index < -0.39 is 5.97 Å². The molecule has 0 bridgehead atoms. The first kappa shape index (κ1) is 13.8. The highest BCUT2D eigenvalue weighted by molar-refractivity contribution is 9.10. The van der Waals surface area contributed by atoms with Gasteiger partial charge in [-0.2, -0.15) is 0 Å². The number of rotatable bonds is 5. The molecule has 2 heterocycles. The monoisotopic (exact) mass is 327 g/mol. The fourth-order valence-electron chi connectivity index (χ4n) is 1.74. The van der Waals surface area contributed by atoms with E-state index in [1.165, 1.54) is 7.11 Å². The molecule has 0 amide bonds. The number of nitrogens with zero attached hydrogens (tertiary/aromatic N) is 2. The number of nitrogens with one attached hydrogen (secondary N) is 1. The van der Waals surface area contributed by atoms with E-state index in [0.717, 1.165) is 5.82 Å². The van der Waals surface area contributed by atoms with Gasteiger partial charge >= 0.3 is 5.97 Å². The predicted molar refractivity (Wildman–Crippen MR) is 71.5 cm³/mol. The lowest BCUT2D eigenvalue weighted by molar-refractivity contribution is 0.0596.